The average Bonchev–Trinajstić information content (AvgIpc) is 2.13. The molecule has 1 atom stereocenters. The van der Waals surface area contributed by atoms with Crippen LogP contribution in [0.5, 0.6) is 0 Å². The van der Waals surface area contributed by atoms with E-state index in [2.05, 4.69) is 17.3 Å². The highest BCUT2D eigenvalue weighted by atomic mass is 32.2. The fourth-order valence-corrected chi connectivity index (χ4v) is 1.45. The third-order valence-electron chi connectivity index (χ3n) is 1.30. The first kappa shape index (κ1) is 6.89. The second kappa shape index (κ2) is 2.58. The van der Waals surface area contributed by atoms with E-state index in [4.69, 9.17) is 0 Å². The Morgan fingerprint density at radius 3 is 2.67 bits per heavy atom. The molecule has 1 aliphatic heterocycles. The fraction of sp³-hybridized carbons (Fsp3) is 0.800. The molecule has 0 saturated carbocycles. The predicted octanol–water partition coefficient (Wildman–Crippen LogP) is 0.501. The van der Waals surface area contributed by atoms with E-state index in [0.29, 0.717) is 5.37 Å². The van der Waals surface area contributed by atoms with E-state index in [1.54, 1.807) is 18.8 Å². The maximum atomic E-state index is 4.02. The van der Waals surface area contributed by atoms with Gasteiger partial charge in [-0.1, -0.05) is 11.8 Å². The molecule has 0 bridgehead atoms. The first-order valence-corrected chi connectivity index (χ1v) is 3.75. The van der Waals surface area contributed by atoms with Crippen LogP contribution in [-0.4, -0.2) is 29.6 Å². The van der Waals surface area contributed by atoms with Crippen LogP contribution < -0.4 is 5.43 Å². The van der Waals surface area contributed by atoms with Crippen molar-refractivity contribution in [2.24, 2.45) is 4.99 Å². The predicted molar refractivity (Wildman–Crippen MR) is 41.3 cm³/mol. The van der Waals surface area contributed by atoms with Crippen molar-refractivity contribution in [3.63, 3.8) is 0 Å². The number of thioether (sulfide) groups is 1. The number of amidine groups is 1. The lowest BCUT2D eigenvalue weighted by Crippen LogP contribution is -2.32. The number of nitrogens with one attached hydrogen (secondary N) is 1. The normalized spacial score (nSPS) is 33.2. The van der Waals surface area contributed by atoms with Gasteiger partial charge < -0.3 is 0 Å². The molecule has 0 aliphatic carbocycles. The van der Waals surface area contributed by atoms with Crippen LogP contribution in [0.2, 0.25) is 0 Å². The SMILES string of the molecule is CN=C1NN(C)[C@@H](C)S1. The van der Waals surface area contributed by atoms with Crippen molar-refractivity contribution in [1.82, 2.24) is 10.4 Å². The van der Waals surface area contributed by atoms with Crippen molar-refractivity contribution in [3.05, 3.63) is 0 Å². The minimum atomic E-state index is 0.503. The zero-order valence-electron chi connectivity index (χ0n) is 5.88. The molecule has 1 heterocycles. The maximum Gasteiger partial charge on any atom is 0.172 e. The van der Waals surface area contributed by atoms with Crippen molar-refractivity contribution in [3.8, 4) is 0 Å². The minimum absolute atomic E-state index is 0.503. The van der Waals surface area contributed by atoms with Gasteiger partial charge in [0, 0.05) is 14.1 Å². The Morgan fingerprint density at radius 2 is 2.44 bits per heavy atom. The molecule has 0 aromatic heterocycles. The van der Waals surface area contributed by atoms with Crippen LogP contribution in [-0.2, 0) is 0 Å². The smallest absolute Gasteiger partial charge is 0.172 e. The summed E-state index contributed by atoms with van der Waals surface area (Å²) in [4.78, 5) is 4.02. The topological polar surface area (TPSA) is 27.6 Å². The molecule has 1 fully saturated rings. The van der Waals surface area contributed by atoms with E-state index < -0.39 is 0 Å². The summed E-state index contributed by atoms with van der Waals surface area (Å²) >= 11 is 1.74. The molecule has 1 rings (SSSR count). The first-order chi connectivity index (χ1) is 4.24. The van der Waals surface area contributed by atoms with Gasteiger partial charge in [-0.3, -0.25) is 10.4 Å². The standard InChI is InChI=1S/C5H11N3S/c1-4-8(3)7-5(6-2)9-4/h4H,1-3H3,(H,6,7)/t4-/m1/s1. The molecule has 3 nitrogen and oxygen atoms in total. The molecule has 0 spiro atoms. The van der Waals surface area contributed by atoms with E-state index in [1.807, 2.05) is 12.1 Å². The summed E-state index contributed by atoms with van der Waals surface area (Å²) in [5.74, 6) is 0. The highest BCUT2D eigenvalue weighted by Gasteiger charge is 2.20. The van der Waals surface area contributed by atoms with E-state index in [-0.39, 0.29) is 0 Å². The van der Waals surface area contributed by atoms with Gasteiger partial charge >= 0.3 is 0 Å². The van der Waals surface area contributed by atoms with Gasteiger partial charge in [-0.15, -0.1) is 0 Å². The highest BCUT2D eigenvalue weighted by Crippen LogP contribution is 2.19. The van der Waals surface area contributed by atoms with Gasteiger partial charge in [0.2, 0.25) is 0 Å². The molecule has 1 aliphatic rings. The minimum Gasteiger partial charge on any atom is -0.297 e. The Hall–Kier alpha value is -0.220. The number of nitrogens with zero attached hydrogens (tertiary/aromatic N) is 2. The number of hydrogen-bond donors (Lipinski definition) is 1. The molecule has 0 radical (unpaired) electrons. The van der Waals surface area contributed by atoms with Gasteiger partial charge in [-0.25, -0.2) is 5.01 Å². The first-order valence-electron chi connectivity index (χ1n) is 2.87. The quantitative estimate of drug-likeness (QED) is 0.538. The van der Waals surface area contributed by atoms with Crippen molar-refractivity contribution < 1.29 is 0 Å². The van der Waals surface area contributed by atoms with Gasteiger partial charge in [-0.2, -0.15) is 0 Å². The molecule has 0 amide bonds. The van der Waals surface area contributed by atoms with Crippen molar-refractivity contribution in [2.75, 3.05) is 14.1 Å². The summed E-state index contributed by atoms with van der Waals surface area (Å²) < 4.78 is 0. The van der Waals surface area contributed by atoms with Gasteiger partial charge in [0.25, 0.3) is 0 Å². The largest absolute Gasteiger partial charge is 0.297 e. The van der Waals surface area contributed by atoms with Crippen LogP contribution in [0.3, 0.4) is 0 Å². The molecular formula is C5H11N3S. The molecule has 0 unspecified atom stereocenters. The lowest BCUT2D eigenvalue weighted by atomic mass is 10.7. The fourth-order valence-electron chi connectivity index (χ4n) is 0.611. The molecule has 52 valence electrons. The number of hydrogen-bond acceptors (Lipinski definition) is 3. The second-order valence-electron chi connectivity index (χ2n) is 1.97. The average molecular weight is 145 g/mol. The maximum absolute atomic E-state index is 4.02. The molecular weight excluding hydrogens is 134 g/mol. The van der Waals surface area contributed by atoms with Gasteiger partial charge in [-0.05, 0) is 6.92 Å². The number of hydrazine groups is 1. The van der Waals surface area contributed by atoms with Gasteiger partial charge in [0.1, 0.15) is 0 Å². The summed E-state index contributed by atoms with van der Waals surface area (Å²) in [6.45, 7) is 2.13. The van der Waals surface area contributed by atoms with Gasteiger partial charge in [0.15, 0.2) is 5.17 Å². The molecule has 1 saturated heterocycles. The van der Waals surface area contributed by atoms with E-state index in [0.717, 1.165) is 5.17 Å². The summed E-state index contributed by atoms with van der Waals surface area (Å²) in [6.07, 6.45) is 0. The molecule has 0 aromatic carbocycles. The van der Waals surface area contributed by atoms with Crippen LogP contribution in [0.4, 0.5) is 0 Å². The Kier molecular flexibility index (Phi) is 1.97. The zero-order chi connectivity index (χ0) is 6.85. The zero-order valence-corrected chi connectivity index (χ0v) is 6.70. The lowest BCUT2D eigenvalue weighted by Gasteiger charge is -2.10. The van der Waals surface area contributed by atoms with E-state index >= 15 is 0 Å². The number of rotatable bonds is 0. The molecule has 4 heteroatoms. The Morgan fingerprint density at radius 1 is 1.78 bits per heavy atom. The van der Waals surface area contributed by atoms with Gasteiger partial charge in [0.05, 0.1) is 5.37 Å². The van der Waals surface area contributed by atoms with Crippen molar-refractivity contribution >= 4 is 16.9 Å². The molecule has 1 N–H and O–H groups in total. The van der Waals surface area contributed by atoms with Crippen LogP contribution in [0.1, 0.15) is 6.92 Å². The number of aliphatic imine (C=N–C) groups is 1. The lowest BCUT2D eigenvalue weighted by molar-refractivity contribution is 0.300. The van der Waals surface area contributed by atoms with Crippen LogP contribution >= 0.6 is 11.8 Å². The molecule has 9 heavy (non-hydrogen) atoms. The van der Waals surface area contributed by atoms with E-state index in [9.17, 15) is 0 Å². The van der Waals surface area contributed by atoms with E-state index in [1.165, 1.54) is 0 Å². The Labute approximate surface area is 59.5 Å². The second-order valence-corrected chi connectivity index (χ2v) is 3.27. The third-order valence-corrected chi connectivity index (χ3v) is 2.46. The Bertz CT molecular complexity index is 122. The highest BCUT2D eigenvalue weighted by molar-refractivity contribution is 8.14. The van der Waals surface area contributed by atoms with Crippen LogP contribution in [0, 0.1) is 0 Å². The van der Waals surface area contributed by atoms with Crippen molar-refractivity contribution in [2.45, 2.75) is 12.3 Å². The summed E-state index contributed by atoms with van der Waals surface area (Å²) in [5.41, 5.74) is 3.10. The molecule has 0 aromatic rings. The third kappa shape index (κ3) is 1.37. The Balaban J connectivity index is 2.54. The van der Waals surface area contributed by atoms with Crippen LogP contribution in [0.15, 0.2) is 4.99 Å². The summed E-state index contributed by atoms with van der Waals surface area (Å²) in [6, 6.07) is 0. The van der Waals surface area contributed by atoms with Crippen molar-refractivity contribution in [1.29, 1.82) is 0 Å². The summed E-state index contributed by atoms with van der Waals surface area (Å²) in [7, 11) is 3.80. The summed E-state index contributed by atoms with van der Waals surface area (Å²) in [5, 5.41) is 3.54. The monoisotopic (exact) mass is 145 g/mol. The van der Waals surface area contributed by atoms with Crippen LogP contribution in [0.25, 0.3) is 0 Å².